The van der Waals surface area contributed by atoms with Crippen molar-refractivity contribution in [3.8, 4) is 0 Å². The molecule has 0 bridgehead atoms. The third kappa shape index (κ3) is 3.01. The summed E-state index contributed by atoms with van der Waals surface area (Å²) in [6, 6.07) is 5.26. The van der Waals surface area contributed by atoms with Crippen LogP contribution in [0.15, 0.2) is 41.3 Å². The number of hydrogen-bond donors (Lipinski definition) is 2. The molecule has 0 radical (unpaired) electrons. The highest BCUT2D eigenvalue weighted by atomic mass is 19.2. The van der Waals surface area contributed by atoms with Gasteiger partial charge in [-0.25, -0.2) is 18.0 Å². The van der Waals surface area contributed by atoms with E-state index in [-0.39, 0.29) is 16.8 Å². The number of hydrogen-bond acceptors (Lipinski definition) is 3. The number of benzene rings is 2. The average Bonchev–Trinajstić information content (AvgIpc) is 2.59. The number of fused-ring (bicyclic) bond motifs is 1. The Morgan fingerprint density at radius 1 is 1.12 bits per heavy atom. The maximum Gasteiger partial charge on any atom is 0.341 e. The third-order valence-corrected chi connectivity index (χ3v) is 3.94. The highest BCUT2D eigenvalue weighted by Crippen LogP contribution is 2.26. The highest BCUT2D eigenvalue weighted by molar-refractivity contribution is 5.93. The lowest BCUT2D eigenvalue weighted by molar-refractivity contribution is 0.0695. The summed E-state index contributed by atoms with van der Waals surface area (Å²) < 4.78 is 42.2. The van der Waals surface area contributed by atoms with Crippen molar-refractivity contribution in [3.05, 3.63) is 69.8 Å². The molecule has 26 heavy (non-hydrogen) atoms. The number of anilines is 2. The molecule has 1 aromatic heterocycles. The Hall–Kier alpha value is -3.29. The molecule has 0 saturated heterocycles. The molecule has 0 saturated carbocycles. The van der Waals surface area contributed by atoms with E-state index < -0.39 is 34.4 Å². The lowest BCUT2D eigenvalue weighted by Gasteiger charge is -2.14. The van der Waals surface area contributed by atoms with Gasteiger partial charge in [0.25, 0.3) is 0 Å². The third-order valence-electron chi connectivity index (χ3n) is 3.94. The molecular weight excluding hydrogens is 349 g/mol. The highest BCUT2D eigenvalue weighted by Gasteiger charge is 2.17. The Bertz CT molecular complexity index is 1090. The number of carboxylic acid groups (broad SMARTS) is 1. The van der Waals surface area contributed by atoms with Crippen LogP contribution in [-0.2, 0) is 6.54 Å². The van der Waals surface area contributed by atoms with Crippen LogP contribution in [0.4, 0.5) is 24.5 Å². The van der Waals surface area contributed by atoms with Gasteiger partial charge in [0.15, 0.2) is 11.6 Å². The van der Waals surface area contributed by atoms with E-state index >= 15 is 0 Å². The first-order chi connectivity index (χ1) is 12.3. The van der Waals surface area contributed by atoms with Crippen LogP contribution in [0.3, 0.4) is 0 Å². The van der Waals surface area contributed by atoms with Gasteiger partial charge in [-0.15, -0.1) is 0 Å². The van der Waals surface area contributed by atoms with E-state index in [0.717, 1.165) is 18.2 Å². The molecule has 0 spiro atoms. The molecule has 0 fully saturated rings. The van der Waals surface area contributed by atoms with Crippen molar-refractivity contribution >= 4 is 28.2 Å². The number of aryl methyl sites for hydroxylation is 1. The van der Waals surface area contributed by atoms with E-state index in [4.69, 9.17) is 5.11 Å². The minimum atomic E-state index is -1.40. The first-order valence-corrected chi connectivity index (χ1v) is 7.64. The number of nitrogens with zero attached hydrogens (tertiary/aromatic N) is 1. The second kappa shape index (κ2) is 6.55. The van der Waals surface area contributed by atoms with Crippen molar-refractivity contribution in [2.75, 3.05) is 5.32 Å². The second-order valence-electron chi connectivity index (χ2n) is 5.57. The average molecular weight is 362 g/mol. The van der Waals surface area contributed by atoms with E-state index in [1.54, 1.807) is 6.92 Å². The number of pyridine rings is 1. The van der Waals surface area contributed by atoms with Crippen molar-refractivity contribution < 1.29 is 23.1 Å². The summed E-state index contributed by atoms with van der Waals surface area (Å²) in [6.07, 6.45) is 1.19. The number of aromatic nitrogens is 1. The molecule has 2 N–H and O–H groups in total. The van der Waals surface area contributed by atoms with Crippen LogP contribution in [0.25, 0.3) is 10.9 Å². The number of carboxylic acids is 1. The number of carbonyl (C=O) groups is 1. The van der Waals surface area contributed by atoms with Crippen LogP contribution in [0.1, 0.15) is 17.3 Å². The quantitative estimate of drug-likeness (QED) is 0.739. The predicted molar refractivity (Wildman–Crippen MR) is 90.4 cm³/mol. The van der Waals surface area contributed by atoms with Crippen LogP contribution in [-0.4, -0.2) is 15.6 Å². The van der Waals surface area contributed by atoms with Gasteiger partial charge in [-0.2, -0.15) is 0 Å². The molecule has 0 aliphatic rings. The number of halogens is 3. The summed E-state index contributed by atoms with van der Waals surface area (Å²) in [7, 11) is 0. The fraction of sp³-hybridized carbons (Fsp3) is 0.111. The van der Waals surface area contributed by atoms with Crippen molar-refractivity contribution in [1.29, 1.82) is 0 Å². The summed E-state index contributed by atoms with van der Waals surface area (Å²) in [5, 5.41) is 11.7. The predicted octanol–water partition coefficient (Wildman–Crippen LogP) is 3.88. The van der Waals surface area contributed by atoms with Crippen molar-refractivity contribution in [2.45, 2.75) is 13.5 Å². The normalized spacial score (nSPS) is 10.9. The molecule has 1 heterocycles. The molecular formula is C18H13F3N2O3. The van der Waals surface area contributed by atoms with Crippen LogP contribution < -0.4 is 10.7 Å². The number of rotatable bonds is 4. The smallest absolute Gasteiger partial charge is 0.341 e. The Kier molecular flexibility index (Phi) is 4.41. The maximum absolute atomic E-state index is 14.4. The summed E-state index contributed by atoms with van der Waals surface area (Å²) in [4.78, 5) is 23.5. The molecule has 8 heteroatoms. The topological polar surface area (TPSA) is 71.3 Å². The number of nitrogens with one attached hydrogen (secondary N) is 1. The van der Waals surface area contributed by atoms with E-state index in [1.165, 1.54) is 22.9 Å². The zero-order chi connectivity index (χ0) is 19.0. The number of aromatic carboxylic acids is 1. The zero-order valence-electron chi connectivity index (χ0n) is 13.5. The van der Waals surface area contributed by atoms with Crippen LogP contribution >= 0.6 is 0 Å². The van der Waals surface area contributed by atoms with E-state index in [0.29, 0.717) is 12.1 Å². The molecule has 0 atom stereocenters. The van der Waals surface area contributed by atoms with Gasteiger partial charge in [0.05, 0.1) is 11.2 Å². The first-order valence-electron chi connectivity index (χ1n) is 7.64. The van der Waals surface area contributed by atoms with Gasteiger partial charge < -0.3 is 15.0 Å². The van der Waals surface area contributed by atoms with E-state index in [2.05, 4.69) is 5.32 Å². The molecule has 134 valence electrons. The van der Waals surface area contributed by atoms with Gasteiger partial charge in [-0.3, -0.25) is 4.79 Å². The van der Waals surface area contributed by atoms with Crippen LogP contribution in [0, 0.1) is 17.5 Å². The Morgan fingerprint density at radius 3 is 2.46 bits per heavy atom. The van der Waals surface area contributed by atoms with Gasteiger partial charge in [0.2, 0.25) is 5.43 Å². The molecule has 0 aliphatic heterocycles. The van der Waals surface area contributed by atoms with Gasteiger partial charge in [0.1, 0.15) is 11.4 Å². The van der Waals surface area contributed by atoms with Gasteiger partial charge in [-0.1, -0.05) is 0 Å². The molecule has 3 aromatic rings. The maximum atomic E-state index is 14.4. The Balaban J connectivity index is 2.18. The van der Waals surface area contributed by atoms with E-state index in [1.807, 2.05) is 0 Å². The molecule has 0 aliphatic carbocycles. The Labute approximate surface area is 145 Å². The monoisotopic (exact) mass is 362 g/mol. The van der Waals surface area contributed by atoms with Crippen molar-refractivity contribution in [2.24, 2.45) is 0 Å². The summed E-state index contributed by atoms with van der Waals surface area (Å²) in [5.74, 6) is -4.35. The van der Waals surface area contributed by atoms with Crippen molar-refractivity contribution in [3.63, 3.8) is 0 Å². The first kappa shape index (κ1) is 17.5. The Morgan fingerprint density at radius 2 is 1.85 bits per heavy atom. The molecule has 3 rings (SSSR count). The second-order valence-corrected chi connectivity index (χ2v) is 5.57. The molecule has 2 aromatic carbocycles. The standard InChI is InChI=1S/C18H13F3N2O3/c1-2-23-8-11(18(25)26)17(24)10-6-14(21)15(7-16(10)23)22-9-3-4-12(19)13(20)5-9/h3-8,22H,2H2,1H3,(H,25,26). The summed E-state index contributed by atoms with van der Waals surface area (Å²) >= 11 is 0. The summed E-state index contributed by atoms with van der Waals surface area (Å²) in [5.41, 5.74) is -0.882. The minimum Gasteiger partial charge on any atom is -0.477 e. The van der Waals surface area contributed by atoms with Gasteiger partial charge in [0, 0.05) is 29.9 Å². The van der Waals surface area contributed by atoms with Gasteiger partial charge >= 0.3 is 5.97 Å². The minimum absolute atomic E-state index is 0.0619. The lowest BCUT2D eigenvalue weighted by atomic mass is 10.1. The molecule has 0 amide bonds. The molecule has 5 nitrogen and oxygen atoms in total. The van der Waals surface area contributed by atoms with Crippen LogP contribution in [0.5, 0.6) is 0 Å². The fourth-order valence-corrected chi connectivity index (χ4v) is 2.65. The SMILES string of the molecule is CCn1cc(C(=O)O)c(=O)c2cc(F)c(Nc3ccc(F)c(F)c3)cc21. The summed E-state index contributed by atoms with van der Waals surface area (Å²) in [6.45, 7) is 2.08. The fourth-order valence-electron chi connectivity index (χ4n) is 2.65. The zero-order valence-corrected chi connectivity index (χ0v) is 13.5. The lowest BCUT2D eigenvalue weighted by Crippen LogP contribution is -2.19. The molecule has 0 unspecified atom stereocenters. The largest absolute Gasteiger partial charge is 0.477 e. The van der Waals surface area contributed by atoms with E-state index in [9.17, 15) is 22.8 Å². The van der Waals surface area contributed by atoms with Crippen molar-refractivity contribution in [1.82, 2.24) is 4.57 Å². The van der Waals surface area contributed by atoms with Gasteiger partial charge in [-0.05, 0) is 31.2 Å². The van der Waals surface area contributed by atoms with Crippen LogP contribution in [0.2, 0.25) is 0 Å².